The van der Waals surface area contributed by atoms with E-state index in [0.717, 1.165) is 97.5 Å². The minimum atomic E-state index is -0.397. The highest BCUT2D eigenvalue weighted by Crippen LogP contribution is 2.38. The summed E-state index contributed by atoms with van der Waals surface area (Å²) in [5, 5.41) is 8.15. The summed E-state index contributed by atoms with van der Waals surface area (Å²) in [5.41, 5.74) is 4.28. The van der Waals surface area contributed by atoms with E-state index in [9.17, 15) is 9.59 Å². The van der Waals surface area contributed by atoms with Gasteiger partial charge in [-0.15, -0.1) is 0 Å². The summed E-state index contributed by atoms with van der Waals surface area (Å²) < 4.78 is 27.6. The number of hydrogen-bond acceptors (Lipinski definition) is 9. The van der Waals surface area contributed by atoms with E-state index in [2.05, 4.69) is 87.0 Å². The van der Waals surface area contributed by atoms with Gasteiger partial charge < -0.3 is 23.7 Å². The van der Waals surface area contributed by atoms with Crippen molar-refractivity contribution in [3.05, 3.63) is 47.7 Å². The van der Waals surface area contributed by atoms with Crippen LogP contribution in [0.15, 0.2) is 36.4 Å². The van der Waals surface area contributed by atoms with E-state index in [4.69, 9.17) is 23.9 Å². The molecule has 11 nitrogen and oxygen atoms in total. The molecule has 3 saturated heterocycles. The molecule has 274 valence electrons. The van der Waals surface area contributed by atoms with Crippen molar-refractivity contribution < 1.29 is 28.4 Å². The fourth-order valence-electron chi connectivity index (χ4n) is 7.96. The molecular weight excluding hydrogens is 645 g/mol. The molecule has 1 saturated carbocycles. The zero-order valence-electron chi connectivity index (χ0n) is 31.4. The number of nitrogens with one attached hydrogen (secondary N) is 1. The van der Waals surface area contributed by atoms with Gasteiger partial charge >= 0.3 is 7.12 Å². The molecule has 12 heteroatoms. The first-order valence-electron chi connectivity index (χ1n) is 18.8. The molecule has 0 radical (unpaired) electrons. The van der Waals surface area contributed by atoms with Crippen LogP contribution in [0.5, 0.6) is 5.75 Å². The first-order chi connectivity index (χ1) is 24.3. The highest BCUT2D eigenvalue weighted by Gasteiger charge is 2.52. The Morgan fingerprint density at radius 3 is 2.33 bits per heavy atom. The lowest BCUT2D eigenvalue weighted by atomic mass is 9.76. The largest absolute Gasteiger partial charge is 0.495 e. The normalized spacial score (nSPS) is 26.1. The number of aryl methyl sites for hydroxylation is 1. The van der Waals surface area contributed by atoms with Crippen molar-refractivity contribution in [3.63, 3.8) is 0 Å². The van der Waals surface area contributed by atoms with Crippen molar-refractivity contribution in [2.75, 3.05) is 37.7 Å². The van der Waals surface area contributed by atoms with Crippen LogP contribution >= 0.6 is 0 Å². The number of rotatable bonds is 9. The monoisotopic (exact) mass is 699 g/mol. The van der Waals surface area contributed by atoms with Crippen molar-refractivity contribution in [2.45, 2.75) is 115 Å². The van der Waals surface area contributed by atoms with Crippen LogP contribution in [0.4, 0.5) is 5.69 Å². The van der Waals surface area contributed by atoms with Crippen LogP contribution in [0.3, 0.4) is 0 Å². The summed E-state index contributed by atoms with van der Waals surface area (Å²) in [5.74, 6) is 0.0595. The Labute approximate surface area is 302 Å². The molecule has 0 spiro atoms. The number of amides is 2. The third kappa shape index (κ3) is 7.30. The second-order valence-electron chi connectivity index (χ2n) is 16.0. The van der Waals surface area contributed by atoms with Gasteiger partial charge in [0.1, 0.15) is 5.75 Å². The SMILES string of the molecule is Cc1c(OC2CCC(OC[C@@H](C)N3CCN(c4ccc5c(C6CCC(=O)NC6=O)nn(C)c5c4)CC3)CC2)cccc1B1OC(C)(C)C(C)(C)O1. The molecule has 4 heterocycles. The molecule has 7 rings (SSSR count). The Morgan fingerprint density at radius 1 is 0.961 bits per heavy atom. The van der Waals surface area contributed by atoms with Gasteiger partial charge in [-0.2, -0.15) is 5.10 Å². The number of carbonyl (C=O) groups is 2. The van der Waals surface area contributed by atoms with Gasteiger partial charge in [-0.05, 0) is 109 Å². The molecule has 4 aliphatic rings. The number of benzene rings is 2. The molecule has 51 heavy (non-hydrogen) atoms. The number of piperazine rings is 1. The van der Waals surface area contributed by atoms with E-state index in [-0.39, 0.29) is 35.2 Å². The molecule has 2 aromatic carbocycles. The minimum Gasteiger partial charge on any atom is -0.490 e. The number of anilines is 1. The van der Waals surface area contributed by atoms with Gasteiger partial charge in [0.15, 0.2) is 0 Å². The van der Waals surface area contributed by atoms with E-state index in [1.807, 2.05) is 17.8 Å². The smallest absolute Gasteiger partial charge is 0.490 e. The third-order valence-corrected chi connectivity index (χ3v) is 12.1. The summed E-state index contributed by atoms with van der Waals surface area (Å²) >= 11 is 0. The summed E-state index contributed by atoms with van der Waals surface area (Å²) in [6.45, 7) is 17.3. The highest BCUT2D eigenvalue weighted by molar-refractivity contribution is 6.62. The van der Waals surface area contributed by atoms with Crippen LogP contribution < -0.4 is 20.4 Å². The van der Waals surface area contributed by atoms with E-state index in [1.54, 1.807) is 0 Å². The molecule has 1 N–H and O–H groups in total. The zero-order chi connectivity index (χ0) is 36.1. The summed E-state index contributed by atoms with van der Waals surface area (Å²) in [6, 6.07) is 12.9. The average Bonchev–Trinajstić information content (AvgIpc) is 3.54. The number of fused-ring (bicyclic) bond motifs is 1. The Hall–Kier alpha value is -3.45. The van der Waals surface area contributed by atoms with Crippen LogP contribution in [0, 0.1) is 6.92 Å². The number of nitrogens with zero attached hydrogens (tertiary/aromatic N) is 4. The number of carbonyl (C=O) groups excluding carboxylic acids is 2. The number of hydrogen-bond donors (Lipinski definition) is 1. The highest BCUT2D eigenvalue weighted by atomic mass is 16.7. The first-order valence-corrected chi connectivity index (χ1v) is 18.8. The maximum Gasteiger partial charge on any atom is 0.495 e. The Kier molecular flexibility index (Phi) is 9.99. The summed E-state index contributed by atoms with van der Waals surface area (Å²) in [6.07, 6.45) is 5.25. The molecule has 1 unspecified atom stereocenters. The van der Waals surface area contributed by atoms with Crippen LogP contribution in [0.1, 0.15) is 90.3 Å². The number of imide groups is 1. The number of ether oxygens (including phenoxy) is 2. The second-order valence-corrected chi connectivity index (χ2v) is 16.0. The Balaban J connectivity index is 0.862. The van der Waals surface area contributed by atoms with Gasteiger partial charge in [0.25, 0.3) is 0 Å². The minimum absolute atomic E-state index is 0.178. The van der Waals surface area contributed by atoms with Crippen molar-refractivity contribution in [2.24, 2.45) is 7.05 Å². The van der Waals surface area contributed by atoms with E-state index in [1.165, 1.54) is 0 Å². The predicted molar refractivity (Wildman–Crippen MR) is 199 cm³/mol. The Morgan fingerprint density at radius 2 is 1.65 bits per heavy atom. The van der Waals surface area contributed by atoms with E-state index >= 15 is 0 Å². The molecule has 2 amide bonds. The fraction of sp³-hybridized carbons (Fsp3) is 0.615. The number of aromatic nitrogens is 2. The van der Waals surface area contributed by atoms with Gasteiger partial charge in [-0.25, -0.2) is 0 Å². The first kappa shape index (κ1) is 35.9. The fourth-order valence-corrected chi connectivity index (χ4v) is 7.96. The van der Waals surface area contributed by atoms with Gasteiger partial charge in [-0.1, -0.05) is 12.1 Å². The quantitative estimate of drug-likeness (QED) is 0.253. The average molecular weight is 700 g/mol. The molecular formula is C39H54BN5O6. The predicted octanol–water partition coefficient (Wildman–Crippen LogP) is 4.62. The van der Waals surface area contributed by atoms with Crippen molar-refractivity contribution in [3.8, 4) is 5.75 Å². The third-order valence-electron chi connectivity index (χ3n) is 12.1. The summed E-state index contributed by atoms with van der Waals surface area (Å²) in [4.78, 5) is 29.2. The lowest BCUT2D eigenvalue weighted by molar-refractivity contribution is -0.134. The molecule has 0 bridgehead atoms. The van der Waals surface area contributed by atoms with Crippen LogP contribution in [-0.4, -0.2) is 95.9 Å². The maximum atomic E-state index is 12.5. The van der Waals surface area contributed by atoms with Gasteiger partial charge in [0.05, 0.1) is 47.1 Å². The van der Waals surface area contributed by atoms with Gasteiger partial charge in [-0.3, -0.25) is 24.5 Å². The second kappa shape index (κ2) is 14.2. The topological polar surface area (TPSA) is 107 Å². The van der Waals surface area contributed by atoms with Gasteiger partial charge in [0.2, 0.25) is 11.8 Å². The van der Waals surface area contributed by atoms with Gasteiger partial charge in [0, 0.05) is 56.8 Å². The zero-order valence-corrected chi connectivity index (χ0v) is 31.4. The van der Waals surface area contributed by atoms with Crippen molar-refractivity contribution in [1.82, 2.24) is 20.0 Å². The van der Waals surface area contributed by atoms with Crippen LogP contribution in [0.2, 0.25) is 0 Å². The maximum absolute atomic E-state index is 12.5. The summed E-state index contributed by atoms with van der Waals surface area (Å²) in [7, 11) is 1.52. The number of piperidine rings is 1. The molecule has 4 fully saturated rings. The lowest BCUT2D eigenvalue weighted by Gasteiger charge is -2.39. The molecule has 2 atom stereocenters. The standard InChI is InChI=1S/C39H54BN5O6/c1-25(24-48-28-12-14-29(15-13-28)49-34-10-8-9-32(26(34)2)40-50-38(3,4)39(5,6)51-40)44-19-21-45(22-20-44)27-11-16-30-33(23-27)43(7)42-36(30)31-17-18-35(46)41-37(31)47/h8-11,16,23,25,28-29,31H,12-15,17-22,24H2,1-7H3,(H,41,46,47)/t25-,28?,29?,31?/m1/s1. The molecule has 3 aromatic rings. The molecule has 3 aliphatic heterocycles. The van der Waals surface area contributed by atoms with Crippen LogP contribution in [-0.2, 0) is 30.7 Å². The van der Waals surface area contributed by atoms with E-state index in [0.29, 0.717) is 18.9 Å². The molecule has 1 aliphatic carbocycles. The lowest BCUT2D eigenvalue weighted by Crippen LogP contribution is -2.51. The van der Waals surface area contributed by atoms with Crippen molar-refractivity contribution >= 4 is 41.0 Å². The molecule has 1 aromatic heterocycles. The Bertz CT molecular complexity index is 1740. The van der Waals surface area contributed by atoms with Crippen LogP contribution in [0.25, 0.3) is 10.9 Å². The van der Waals surface area contributed by atoms with Crippen molar-refractivity contribution in [1.29, 1.82) is 0 Å². The van der Waals surface area contributed by atoms with E-state index < -0.39 is 13.0 Å².